The molecule has 3 atom stereocenters. The molecule has 0 aromatic heterocycles. The number of hydrogen-bond donors (Lipinski definition) is 1. The molecule has 0 aliphatic carbocycles. The lowest BCUT2D eigenvalue weighted by Crippen LogP contribution is -2.48. The lowest BCUT2D eigenvalue weighted by molar-refractivity contribution is -0.0259. The van der Waals surface area contributed by atoms with E-state index in [1.165, 1.54) is 11.1 Å². The number of ether oxygens (including phenoxy) is 2. The topological polar surface area (TPSA) is 65.7 Å². The summed E-state index contributed by atoms with van der Waals surface area (Å²) < 4.78 is 11.0. The summed E-state index contributed by atoms with van der Waals surface area (Å²) in [5.74, 6) is 1.61. The molecule has 142 valence electrons. The molecule has 0 amide bonds. The van der Waals surface area contributed by atoms with Gasteiger partial charge in [-0.25, -0.2) is 0 Å². The second-order valence-corrected chi connectivity index (χ2v) is 8.74. The Labute approximate surface area is 156 Å². The molecule has 0 bridgehead atoms. The van der Waals surface area contributed by atoms with E-state index < -0.39 is 0 Å². The van der Waals surface area contributed by atoms with E-state index in [0.717, 1.165) is 32.4 Å². The number of nitrogens with zero attached hydrogens (tertiary/aromatic N) is 2. The standard InChI is InChI=1S/C21H30N2O3/c1-21(2,3)12-15-13-23-7-5-14-9-20(26-8-6-22)19(25-4)10-16(14)17(23)11-18(15)24/h9-10,15,17-18,24H,5,7-8,11-13H2,1-4H3/t15-,17-,18-/m1/s1. The molecule has 0 radical (unpaired) electrons. The Morgan fingerprint density at radius 1 is 1.31 bits per heavy atom. The summed E-state index contributed by atoms with van der Waals surface area (Å²) in [4.78, 5) is 2.51. The molecule has 2 heterocycles. The Kier molecular flexibility index (Phi) is 5.45. The number of aliphatic hydroxyl groups excluding tert-OH is 1. The smallest absolute Gasteiger partial charge is 0.174 e. The summed E-state index contributed by atoms with van der Waals surface area (Å²) >= 11 is 0. The molecule has 0 spiro atoms. The number of hydrogen-bond acceptors (Lipinski definition) is 5. The second-order valence-electron chi connectivity index (χ2n) is 8.74. The van der Waals surface area contributed by atoms with Crippen LogP contribution in [0.3, 0.4) is 0 Å². The van der Waals surface area contributed by atoms with Crippen LogP contribution in [0.15, 0.2) is 12.1 Å². The summed E-state index contributed by atoms with van der Waals surface area (Å²) in [6, 6.07) is 6.28. The molecule has 2 aliphatic rings. The first kappa shape index (κ1) is 19.0. The minimum Gasteiger partial charge on any atom is -0.493 e. The molecule has 5 heteroatoms. The van der Waals surface area contributed by atoms with E-state index >= 15 is 0 Å². The Morgan fingerprint density at radius 3 is 2.73 bits per heavy atom. The predicted octanol–water partition coefficient (Wildman–Crippen LogP) is 3.31. The van der Waals surface area contributed by atoms with Crippen molar-refractivity contribution in [2.75, 3.05) is 26.8 Å². The lowest BCUT2D eigenvalue weighted by Gasteiger charge is -2.47. The zero-order valence-electron chi connectivity index (χ0n) is 16.3. The minimum absolute atomic E-state index is 0.0118. The van der Waals surface area contributed by atoms with E-state index in [9.17, 15) is 5.11 Å². The quantitative estimate of drug-likeness (QED) is 0.894. The van der Waals surface area contributed by atoms with Crippen molar-refractivity contribution in [3.05, 3.63) is 23.3 Å². The fourth-order valence-corrected chi connectivity index (χ4v) is 4.47. The van der Waals surface area contributed by atoms with E-state index in [-0.39, 0.29) is 24.2 Å². The van der Waals surface area contributed by atoms with Gasteiger partial charge in [0.25, 0.3) is 0 Å². The lowest BCUT2D eigenvalue weighted by atomic mass is 9.75. The van der Waals surface area contributed by atoms with E-state index in [4.69, 9.17) is 14.7 Å². The molecule has 0 unspecified atom stereocenters. The van der Waals surface area contributed by atoms with Crippen LogP contribution in [0.5, 0.6) is 11.5 Å². The van der Waals surface area contributed by atoms with Crippen LogP contribution in [0.1, 0.15) is 50.8 Å². The van der Waals surface area contributed by atoms with Crippen molar-refractivity contribution in [3.63, 3.8) is 0 Å². The molecule has 2 aliphatic heterocycles. The molecule has 1 saturated heterocycles. The summed E-state index contributed by atoms with van der Waals surface area (Å²) in [6.45, 7) is 8.67. The zero-order valence-corrected chi connectivity index (χ0v) is 16.3. The average Bonchev–Trinajstić information content (AvgIpc) is 2.58. The van der Waals surface area contributed by atoms with Gasteiger partial charge in [-0.05, 0) is 53.9 Å². The maximum absolute atomic E-state index is 10.8. The first-order valence-corrected chi connectivity index (χ1v) is 9.45. The molecule has 1 aromatic rings. The molecular formula is C21H30N2O3. The van der Waals surface area contributed by atoms with Crippen molar-refractivity contribution in [2.45, 2.75) is 52.2 Å². The van der Waals surface area contributed by atoms with Crippen molar-refractivity contribution in [1.29, 1.82) is 5.26 Å². The molecule has 0 saturated carbocycles. The second kappa shape index (κ2) is 7.46. The SMILES string of the molecule is COc1cc2c(cc1OCC#N)CCN1C[C@@H](CC(C)(C)C)[C@H](O)C[C@H]21. The van der Waals surface area contributed by atoms with Gasteiger partial charge in [-0.1, -0.05) is 20.8 Å². The number of rotatable bonds is 4. The van der Waals surface area contributed by atoms with Crippen molar-refractivity contribution in [1.82, 2.24) is 4.90 Å². The number of piperidine rings is 1. The molecular weight excluding hydrogens is 328 g/mol. The number of methoxy groups -OCH3 is 1. The van der Waals surface area contributed by atoms with Crippen molar-refractivity contribution >= 4 is 0 Å². The Bertz CT molecular complexity index is 690. The molecule has 26 heavy (non-hydrogen) atoms. The van der Waals surface area contributed by atoms with Crippen LogP contribution in [0, 0.1) is 22.7 Å². The van der Waals surface area contributed by atoms with E-state index in [2.05, 4.69) is 25.7 Å². The van der Waals surface area contributed by atoms with Gasteiger partial charge in [-0.15, -0.1) is 0 Å². The summed E-state index contributed by atoms with van der Waals surface area (Å²) in [6.07, 6.45) is 2.47. The summed E-state index contributed by atoms with van der Waals surface area (Å²) in [5, 5.41) is 19.5. The highest BCUT2D eigenvalue weighted by atomic mass is 16.5. The average molecular weight is 358 g/mol. The molecule has 1 N–H and O–H groups in total. The third-order valence-electron chi connectivity index (χ3n) is 5.54. The first-order chi connectivity index (χ1) is 12.3. The van der Waals surface area contributed by atoms with Crippen molar-refractivity contribution in [3.8, 4) is 17.6 Å². The number of benzene rings is 1. The Balaban J connectivity index is 1.84. The molecule has 3 rings (SSSR count). The summed E-state index contributed by atoms with van der Waals surface area (Å²) in [5.41, 5.74) is 2.69. The van der Waals surface area contributed by atoms with Gasteiger partial charge in [0.15, 0.2) is 18.1 Å². The summed E-state index contributed by atoms with van der Waals surface area (Å²) in [7, 11) is 1.62. The van der Waals surface area contributed by atoms with Crippen LogP contribution in [0.4, 0.5) is 0 Å². The normalized spacial score (nSPS) is 25.8. The maximum Gasteiger partial charge on any atom is 0.174 e. The van der Waals surface area contributed by atoms with E-state index in [1.54, 1.807) is 7.11 Å². The van der Waals surface area contributed by atoms with Gasteiger partial charge in [0.1, 0.15) is 6.07 Å². The van der Waals surface area contributed by atoms with Crippen LogP contribution in [0.2, 0.25) is 0 Å². The highest BCUT2D eigenvalue weighted by molar-refractivity contribution is 5.49. The molecule has 1 aromatic carbocycles. The van der Waals surface area contributed by atoms with Crippen LogP contribution < -0.4 is 9.47 Å². The van der Waals surface area contributed by atoms with Gasteiger partial charge in [-0.3, -0.25) is 4.90 Å². The third kappa shape index (κ3) is 3.97. The predicted molar refractivity (Wildman–Crippen MR) is 100 cm³/mol. The van der Waals surface area contributed by atoms with Crippen molar-refractivity contribution in [2.24, 2.45) is 11.3 Å². The van der Waals surface area contributed by atoms with Crippen molar-refractivity contribution < 1.29 is 14.6 Å². The first-order valence-electron chi connectivity index (χ1n) is 9.45. The minimum atomic E-state index is -0.276. The van der Waals surface area contributed by atoms with Crippen LogP contribution in [-0.4, -0.2) is 42.9 Å². The largest absolute Gasteiger partial charge is 0.493 e. The van der Waals surface area contributed by atoms with Crippen LogP contribution in [-0.2, 0) is 6.42 Å². The van der Waals surface area contributed by atoms with Gasteiger partial charge in [-0.2, -0.15) is 5.26 Å². The maximum atomic E-state index is 10.8. The fourth-order valence-electron chi connectivity index (χ4n) is 4.47. The van der Waals surface area contributed by atoms with Crippen LogP contribution in [0.25, 0.3) is 0 Å². The Hall–Kier alpha value is -1.77. The van der Waals surface area contributed by atoms with Crippen LogP contribution >= 0.6 is 0 Å². The molecule has 5 nitrogen and oxygen atoms in total. The molecule has 1 fully saturated rings. The number of fused-ring (bicyclic) bond motifs is 3. The zero-order chi connectivity index (χ0) is 18.9. The monoisotopic (exact) mass is 358 g/mol. The Morgan fingerprint density at radius 2 is 2.08 bits per heavy atom. The van der Waals surface area contributed by atoms with Gasteiger partial charge in [0.05, 0.1) is 13.2 Å². The highest BCUT2D eigenvalue weighted by Crippen LogP contribution is 2.44. The van der Waals surface area contributed by atoms with Gasteiger partial charge in [0, 0.05) is 19.1 Å². The third-order valence-corrected chi connectivity index (χ3v) is 5.54. The van der Waals surface area contributed by atoms with Gasteiger partial charge < -0.3 is 14.6 Å². The van der Waals surface area contributed by atoms with Gasteiger partial charge >= 0.3 is 0 Å². The number of aliphatic hydroxyl groups is 1. The van der Waals surface area contributed by atoms with Gasteiger partial charge in [0.2, 0.25) is 0 Å². The number of nitriles is 1. The highest BCUT2D eigenvalue weighted by Gasteiger charge is 2.39. The fraction of sp³-hybridized carbons (Fsp3) is 0.667. The van der Waals surface area contributed by atoms with E-state index in [1.807, 2.05) is 18.2 Å². The van der Waals surface area contributed by atoms with E-state index in [0.29, 0.717) is 17.4 Å².